The van der Waals surface area contributed by atoms with Crippen molar-refractivity contribution in [2.45, 2.75) is 13.8 Å². The Balaban J connectivity index is 1.55. The van der Waals surface area contributed by atoms with E-state index in [1.807, 2.05) is 24.3 Å². The number of carbonyl (C=O) groups is 3. The zero-order valence-electron chi connectivity index (χ0n) is 20.5. The molecule has 0 aromatic heterocycles. The monoisotopic (exact) mass is 502 g/mol. The van der Waals surface area contributed by atoms with E-state index in [2.05, 4.69) is 13.2 Å². The minimum atomic E-state index is -0.590. The summed E-state index contributed by atoms with van der Waals surface area (Å²) in [5, 5.41) is 0. The van der Waals surface area contributed by atoms with Crippen molar-refractivity contribution in [1.29, 1.82) is 0 Å². The maximum atomic E-state index is 12.7. The molecule has 0 saturated heterocycles. The molecule has 0 aliphatic rings. The minimum absolute atomic E-state index is 0.203. The fraction of sp³-hybridized carbons (Fsp3) is 0.138. The predicted molar refractivity (Wildman–Crippen MR) is 136 cm³/mol. The SMILES string of the molecule is C=CC(=O)OCOc1ccc(C(=O)Oc2ccc(-c3ccc(OCOC(=O)C(=C)C)cc3)cc2)c(C)c1. The Bertz CT molecular complexity index is 1290. The van der Waals surface area contributed by atoms with Crippen LogP contribution in [0.5, 0.6) is 17.2 Å². The molecule has 0 saturated carbocycles. The maximum Gasteiger partial charge on any atom is 0.343 e. The average Bonchev–Trinajstić information content (AvgIpc) is 2.89. The highest BCUT2D eigenvalue weighted by Gasteiger charge is 2.13. The van der Waals surface area contributed by atoms with Gasteiger partial charge in [0.2, 0.25) is 13.6 Å². The van der Waals surface area contributed by atoms with Gasteiger partial charge < -0.3 is 23.7 Å². The zero-order chi connectivity index (χ0) is 26.8. The van der Waals surface area contributed by atoms with Crippen LogP contribution in [0.25, 0.3) is 11.1 Å². The molecule has 0 radical (unpaired) electrons. The van der Waals surface area contributed by atoms with Gasteiger partial charge in [-0.1, -0.05) is 37.4 Å². The molecule has 190 valence electrons. The van der Waals surface area contributed by atoms with E-state index >= 15 is 0 Å². The number of carbonyl (C=O) groups excluding carboxylic acids is 3. The molecular weight excluding hydrogens is 476 g/mol. The third-order valence-electron chi connectivity index (χ3n) is 5.03. The Hall–Kier alpha value is -4.85. The first-order chi connectivity index (χ1) is 17.8. The standard InChI is InChI=1S/C29H26O8/c1-5-27(30)35-17-34-25-14-15-26(20(4)16-25)29(32)37-24-12-8-22(9-13-24)21-6-10-23(11-7-21)33-18-36-28(31)19(2)3/h5-16H,1-2,17-18H2,3-4H3. The van der Waals surface area contributed by atoms with E-state index in [0.29, 0.717) is 33.9 Å². The Labute approximate surface area is 214 Å². The zero-order valence-corrected chi connectivity index (χ0v) is 20.5. The third-order valence-corrected chi connectivity index (χ3v) is 5.03. The normalized spacial score (nSPS) is 10.1. The van der Waals surface area contributed by atoms with Crippen molar-refractivity contribution in [1.82, 2.24) is 0 Å². The highest BCUT2D eigenvalue weighted by Crippen LogP contribution is 2.26. The van der Waals surface area contributed by atoms with Crippen LogP contribution in [-0.4, -0.2) is 31.5 Å². The first-order valence-electron chi connectivity index (χ1n) is 11.2. The van der Waals surface area contributed by atoms with Crippen LogP contribution >= 0.6 is 0 Å². The molecule has 3 rings (SSSR count). The molecule has 0 unspecified atom stereocenters. The summed E-state index contributed by atoms with van der Waals surface area (Å²) in [7, 11) is 0. The fourth-order valence-corrected chi connectivity index (χ4v) is 3.06. The first-order valence-corrected chi connectivity index (χ1v) is 11.2. The van der Waals surface area contributed by atoms with Crippen LogP contribution in [0.15, 0.2) is 91.5 Å². The van der Waals surface area contributed by atoms with E-state index in [4.69, 9.17) is 23.7 Å². The van der Waals surface area contributed by atoms with E-state index in [1.54, 1.807) is 56.3 Å². The molecule has 0 amide bonds. The molecule has 0 heterocycles. The number of rotatable bonds is 11. The van der Waals surface area contributed by atoms with Crippen LogP contribution in [0.1, 0.15) is 22.8 Å². The van der Waals surface area contributed by atoms with E-state index in [9.17, 15) is 14.4 Å². The molecule has 0 bridgehead atoms. The lowest BCUT2D eigenvalue weighted by Crippen LogP contribution is -2.11. The summed E-state index contributed by atoms with van der Waals surface area (Å²) < 4.78 is 25.9. The molecule has 0 N–H and O–H groups in total. The van der Waals surface area contributed by atoms with Crippen molar-refractivity contribution in [2.75, 3.05) is 13.6 Å². The van der Waals surface area contributed by atoms with Crippen molar-refractivity contribution in [2.24, 2.45) is 0 Å². The summed E-state index contributed by atoms with van der Waals surface area (Å²) >= 11 is 0. The van der Waals surface area contributed by atoms with E-state index in [0.717, 1.165) is 17.2 Å². The summed E-state index contributed by atoms with van der Waals surface area (Å²) in [5.41, 5.74) is 3.16. The maximum absolute atomic E-state index is 12.7. The second-order valence-corrected chi connectivity index (χ2v) is 7.82. The lowest BCUT2D eigenvalue weighted by atomic mass is 10.1. The highest BCUT2D eigenvalue weighted by molar-refractivity contribution is 5.93. The second-order valence-electron chi connectivity index (χ2n) is 7.82. The lowest BCUT2D eigenvalue weighted by molar-refractivity contribution is -0.145. The summed E-state index contributed by atoms with van der Waals surface area (Å²) in [6.07, 6.45) is 1.04. The molecule has 0 aliphatic heterocycles. The Morgan fingerprint density at radius 2 is 1.32 bits per heavy atom. The van der Waals surface area contributed by atoms with Crippen molar-refractivity contribution in [3.63, 3.8) is 0 Å². The molecule has 0 aliphatic carbocycles. The molecule has 37 heavy (non-hydrogen) atoms. The van der Waals surface area contributed by atoms with Crippen LogP contribution in [0.3, 0.4) is 0 Å². The quantitative estimate of drug-likeness (QED) is 0.149. The van der Waals surface area contributed by atoms with Crippen LogP contribution < -0.4 is 14.2 Å². The van der Waals surface area contributed by atoms with Gasteiger partial charge >= 0.3 is 17.9 Å². The molecule has 0 spiro atoms. The Morgan fingerprint density at radius 1 is 0.784 bits per heavy atom. The van der Waals surface area contributed by atoms with Crippen molar-refractivity contribution < 1.29 is 38.1 Å². The predicted octanol–water partition coefficient (Wildman–Crippen LogP) is 5.40. The van der Waals surface area contributed by atoms with Gasteiger partial charge in [-0.15, -0.1) is 0 Å². The molecule has 0 fully saturated rings. The van der Waals surface area contributed by atoms with E-state index < -0.39 is 17.9 Å². The van der Waals surface area contributed by atoms with E-state index in [-0.39, 0.29) is 13.6 Å². The molecule has 0 atom stereocenters. The van der Waals surface area contributed by atoms with Gasteiger partial charge in [-0.25, -0.2) is 14.4 Å². The van der Waals surface area contributed by atoms with Gasteiger partial charge in [0.15, 0.2) is 0 Å². The molecular formula is C29H26O8. The number of hydrogen-bond acceptors (Lipinski definition) is 8. The van der Waals surface area contributed by atoms with Gasteiger partial charge in [-0.05, 0) is 73.0 Å². The molecule has 3 aromatic rings. The molecule has 3 aromatic carbocycles. The van der Waals surface area contributed by atoms with Gasteiger partial charge in [-0.3, -0.25) is 0 Å². The number of aryl methyl sites for hydroxylation is 1. The average molecular weight is 503 g/mol. The number of hydrogen-bond donors (Lipinski definition) is 0. The van der Waals surface area contributed by atoms with Gasteiger partial charge in [0.25, 0.3) is 0 Å². The van der Waals surface area contributed by atoms with Gasteiger partial charge in [-0.2, -0.15) is 0 Å². The first kappa shape index (κ1) is 26.7. The van der Waals surface area contributed by atoms with Crippen LogP contribution in [0.4, 0.5) is 0 Å². The van der Waals surface area contributed by atoms with Gasteiger partial charge in [0.05, 0.1) is 5.56 Å². The van der Waals surface area contributed by atoms with Crippen LogP contribution in [-0.2, 0) is 19.1 Å². The van der Waals surface area contributed by atoms with E-state index in [1.165, 1.54) is 0 Å². The van der Waals surface area contributed by atoms with Crippen LogP contribution in [0.2, 0.25) is 0 Å². The van der Waals surface area contributed by atoms with Crippen LogP contribution in [0, 0.1) is 6.92 Å². The Morgan fingerprint density at radius 3 is 1.89 bits per heavy atom. The van der Waals surface area contributed by atoms with Gasteiger partial charge in [0, 0.05) is 11.6 Å². The summed E-state index contributed by atoms with van der Waals surface area (Å²) in [4.78, 5) is 35.1. The number of benzene rings is 3. The fourth-order valence-electron chi connectivity index (χ4n) is 3.06. The number of esters is 3. The smallest absolute Gasteiger partial charge is 0.343 e. The largest absolute Gasteiger partial charge is 0.457 e. The molecule has 8 heteroatoms. The topological polar surface area (TPSA) is 97.4 Å². The van der Waals surface area contributed by atoms with Gasteiger partial charge in [0.1, 0.15) is 17.2 Å². The summed E-state index contributed by atoms with van der Waals surface area (Å²) in [6.45, 7) is 9.66. The van der Waals surface area contributed by atoms with Crippen molar-refractivity contribution >= 4 is 17.9 Å². The number of ether oxygens (including phenoxy) is 5. The minimum Gasteiger partial charge on any atom is -0.457 e. The lowest BCUT2D eigenvalue weighted by Gasteiger charge is -2.11. The highest BCUT2D eigenvalue weighted by atomic mass is 16.7. The van der Waals surface area contributed by atoms with Crippen molar-refractivity contribution in [3.8, 4) is 28.4 Å². The summed E-state index contributed by atoms with van der Waals surface area (Å²) in [5.74, 6) is -0.226. The third kappa shape index (κ3) is 7.83. The molecule has 8 nitrogen and oxygen atoms in total. The Kier molecular flexibility index (Phi) is 9.21. The second kappa shape index (κ2) is 12.7. The van der Waals surface area contributed by atoms with Crippen molar-refractivity contribution in [3.05, 3.63) is 103 Å². The summed E-state index contributed by atoms with van der Waals surface area (Å²) in [6, 6.07) is 19.2.